The van der Waals surface area contributed by atoms with Gasteiger partial charge in [-0.15, -0.1) is 5.10 Å². The average Bonchev–Trinajstić information content (AvgIpc) is 3.54. The van der Waals surface area contributed by atoms with Gasteiger partial charge in [-0.25, -0.2) is 5.10 Å². The Bertz CT molecular complexity index is 1810. The Hall–Kier alpha value is -4.98. The maximum Gasteiger partial charge on any atom is 0.259 e. The monoisotopic (exact) mass is 513 g/mol. The van der Waals surface area contributed by atoms with Crippen LogP contribution in [0.1, 0.15) is 30.8 Å². The summed E-state index contributed by atoms with van der Waals surface area (Å²) in [5, 5.41) is 15.4. The van der Waals surface area contributed by atoms with Gasteiger partial charge in [-0.2, -0.15) is 0 Å². The first-order chi connectivity index (χ1) is 19.2. The van der Waals surface area contributed by atoms with E-state index in [1.54, 1.807) is 12.4 Å². The molecule has 192 valence electrons. The van der Waals surface area contributed by atoms with Crippen LogP contribution < -0.4 is 5.56 Å². The molecule has 4 heterocycles. The van der Waals surface area contributed by atoms with Gasteiger partial charge in [0.25, 0.3) is 5.56 Å². The van der Waals surface area contributed by atoms with E-state index in [-0.39, 0.29) is 5.56 Å². The van der Waals surface area contributed by atoms with Crippen molar-refractivity contribution in [1.82, 2.24) is 35.2 Å². The van der Waals surface area contributed by atoms with Crippen LogP contribution in [-0.2, 0) is 19.4 Å². The molecule has 6 aromatic rings. The fraction of sp³-hybridized carbons (Fsp3) is 0.161. The van der Waals surface area contributed by atoms with E-state index >= 15 is 0 Å². The summed E-state index contributed by atoms with van der Waals surface area (Å²) in [5.41, 5.74) is 8.28. The number of pyridine rings is 3. The number of nitrogens with one attached hydrogen (secondary N) is 1. The van der Waals surface area contributed by atoms with Crippen LogP contribution in [-0.4, -0.2) is 35.2 Å². The lowest BCUT2D eigenvalue weighted by molar-refractivity contribution is 0.792. The molecule has 6 rings (SSSR count). The van der Waals surface area contributed by atoms with Crippen LogP contribution in [0.5, 0.6) is 0 Å². The average molecular weight is 514 g/mol. The fourth-order valence-corrected chi connectivity index (χ4v) is 5.01. The number of hydrogen-bond donors (Lipinski definition) is 1. The summed E-state index contributed by atoms with van der Waals surface area (Å²) >= 11 is 0. The minimum Gasteiger partial charge on any atom is -0.303 e. The van der Waals surface area contributed by atoms with Crippen molar-refractivity contribution in [1.29, 1.82) is 0 Å². The molecule has 0 amide bonds. The van der Waals surface area contributed by atoms with E-state index in [4.69, 9.17) is 4.98 Å². The van der Waals surface area contributed by atoms with Gasteiger partial charge in [-0.1, -0.05) is 68.4 Å². The van der Waals surface area contributed by atoms with Crippen LogP contribution in [0.3, 0.4) is 0 Å². The normalized spacial score (nSPS) is 11.2. The van der Waals surface area contributed by atoms with Crippen LogP contribution in [0.25, 0.3) is 44.5 Å². The molecule has 0 atom stereocenters. The zero-order valence-corrected chi connectivity index (χ0v) is 21.8. The number of aromatic nitrogens is 7. The summed E-state index contributed by atoms with van der Waals surface area (Å²) in [6.07, 6.45) is 5.04. The Balaban J connectivity index is 1.46. The number of benzene rings is 2. The minimum atomic E-state index is -0.0435. The Kier molecular flexibility index (Phi) is 6.50. The second kappa shape index (κ2) is 10.4. The molecule has 39 heavy (non-hydrogen) atoms. The lowest BCUT2D eigenvalue weighted by atomic mass is 9.98. The lowest BCUT2D eigenvalue weighted by Crippen LogP contribution is -2.23. The molecular weight excluding hydrogens is 486 g/mol. The smallest absolute Gasteiger partial charge is 0.259 e. The number of tetrazole rings is 1. The van der Waals surface area contributed by atoms with Crippen LogP contribution in [0.15, 0.2) is 90.0 Å². The third-order valence-corrected chi connectivity index (χ3v) is 7.03. The minimum absolute atomic E-state index is 0.0435. The summed E-state index contributed by atoms with van der Waals surface area (Å²) in [6, 6.07) is 24.1. The molecule has 0 saturated carbocycles. The Morgan fingerprint density at radius 1 is 0.846 bits per heavy atom. The Morgan fingerprint density at radius 2 is 1.67 bits per heavy atom. The highest BCUT2D eigenvalue weighted by atomic mass is 16.1. The van der Waals surface area contributed by atoms with Crippen molar-refractivity contribution >= 4 is 10.9 Å². The number of hydrogen-bond acceptors (Lipinski definition) is 6. The van der Waals surface area contributed by atoms with Crippen molar-refractivity contribution in [3.8, 4) is 33.6 Å². The molecule has 0 unspecified atom stereocenters. The largest absolute Gasteiger partial charge is 0.303 e. The first-order valence-electron chi connectivity index (χ1n) is 13.1. The second-order valence-electron chi connectivity index (χ2n) is 9.38. The zero-order valence-electron chi connectivity index (χ0n) is 21.8. The molecular formula is C31H27N7O. The van der Waals surface area contributed by atoms with Crippen LogP contribution >= 0.6 is 0 Å². The van der Waals surface area contributed by atoms with Gasteiger partial charge in [0.15, 0.2) is 5.82 Å². The van der Waals surface area contributed by atoms with E-state index in [0.29, 0.717) is 17.9 Å². The molecule has 1 N–H and O–H groups in total. The molecule has 0 fully saturated rings. The van der Waals surface area contributed by atoms with E-state index in [2.05, 4.69) is 69.8 Å². The van der Waals surface area contributed by atoms with E-state index in [1.165, 1.54) is 0 Å². The summed E-state index contributed by atoms with van der Waals surface area (Å²) in [6.45, 7) is 4.63. The van der Waals surface area contributed by atoms with Gasteiger partial charge in [0.1, 0.15) is 0 Å². The van der Waals surface area contributed by atoms with E-state index in [9.17, 15) is 4.79 Å². The van der Waals surface area contributed by atoms with Gasteiger partial charge in [0, 0.05) is 45.9 Å². The van der Waals surface area contributed by atoms with Crippen molar-refractivity contribution in [3.05, 3.63) is 112 Å². The Morgan fingerprint density at radius 3 is 2.36 bits per heavy atom. The second-order valence-corrected chi connectivity index (χ2v) is 9.38. The number of aromatic amines is 1. The van der Waals surface area contributed by atoms with Crippen LogP contribution in [0, 0.1) is 0 Å². The molecule has 0 aliphatic heterocycles. The van der Waals surface area contributed by atoms with Crippen LogP contribution in [0.2, 0.25) is 0 Å². The number of fused-ring (bicyclic) bond motifs is 1. The highest BCUT2D eigenvalue weighted by molar-refractivity contribution is 5.86. The molecule has 0 saturated heterocycles. The third-order valence-electron chi connectivity index (χ3n) is 7.03. The molecule has 8 heteroatoms. The number of H-pyrrole nitrogens is 1. The summed E-state index contributed by atoms with van der Waals surface area (Å²) in [4.78, 5) is 23.1. The van der Waals surface area contributed by atoms with Gasteiger partial charge >= 0.3 is 0 Å². The standard InChI is InChI=1S/C31H27N7O/c1-3-23-16-29-27(28(4-2)33-23)17-26(22-8-7-15-32-18-22)31(39)38(29)19-20-11-13-21(14-12-20)24-9-5-6-10-25(24)30-34-36-37-35-30/h5-18H,3-4,19H2,1-2H3,(H,34,35,36,37). The Labute approximate surface area is 225 Å². The molecule has 2 aromatic carbocycles. The summed E-state index contributed by atoms with van der Waals surface area (Å²) < 4.78 is 1.88. The van der Waals surface area contributed by atoms with Crippen molar-refractivity contribution < 1.29 is 0 Å². The number of aryl methyl sites for hydroxylation is 2. The van der Waals surface area contributed by atoms with Gasteiger partial charge in [0.05, 0.1) is 12.1 Å². The van der Waals surface area contributed by atoms with E-state index in [1.807, 2.05) is 47.0 Å². The van der Waals surface area contributed by atoms with E-state index in [0.717, 1.165) is 62.9 Å². The molecule has 4 aromatic heterocycles. The quantitative estimate of drug-likeness (QED) is 0.303. The predicted molar refractivity (Wildman–Crippen MR) is 152 cm³/mol. The number of rotatable bonds is 7. The highest BCUT2D eigenvalue weighted by Gasteiger charge is 2.16. The topological polar surface area (TPSA) is 102 Å². The molecule has 0 aliphatic carbocycles. The fourth-order valence-electron chi connectivity index (χ4n) is 5.01. The van der Waals surface area contributed by atoms with Gasteiger partial charge < -0.3 is 4.57 Å². The van der Waals surface area contributed by atoms with Crippen LogP contribution in [0.4, 0.5) is 0 Å². The van der Waals surface area contributed by atoms with Gasteiger partial charge in [0.2, 0.25) is 0 Å². The molecule has 0 radical (unpaired) electrons. The molecule has 0 bridgehead atoms. The highest BCUT2D eigenvalue weighted by Crippen LogP contribution is 2.30. The first-order valence-corrected chi connectivity index (χ1v) is 13.1. The molecule has 0 aliphatic rings. The predicted octanol–water partition coefficient (Wildman–Crippen LogP) is 5.48. The molecule has 0 spiro atoms. The van der Waals surface area contributed by atoms with Crippen molar-refractivity contribution in [3.63, 3.8) is 0 Å². The SMILES string of the molecule is CCc1cc2c(cc(-c3cccnc3)c(=O)n2Cc2ccc(-c3ccccc3-c3nnn[nH]3)cc2)c(CC)n1. The van der Waals surface area contributed by atoms with Gasteiger partial charge in [-0.3, -0.25) is 14.8 Å². The van der Waals surface area contributed by atoms with Crippen molar-refractivity contribution in [2.24, 2.45) is 0 Å². The lowest BCUT2D eigenvalue weighted by Gasteiger charge is -2.16. The maximum absolute atomic E-state index is 13.9. The maximum atomic E-state index is 13.9. The molecule has 8 nitrogen and oxygen atoms in total. The zero-order chi connectivity index (χ0) is 26.8. The van der Waals surface area contributed by atoms with Gasteiger partial charge in [-0.05, 0) is 58.2 Å². The van der Waals surface area contributed by atoms with Crippen molar-refractivity contribution in [2.75, 3.05) is 0 Å². The first kappa shape index (κ1) is 24.4. The summed E-state index contributed by atoms with van der Waals surface area (Å²) in [7, 11) is 0. The number of nitrogens with zero attached hydrogens (tertiary/aromatic N) is 6. The summed E-state index contributed by atoms with van der Waals surface area (Å²) in [5.74, 6) is 0.618. The van der Waals surface area contributed by atoms with Crippen molar-refractivity contribution in [2.45, 2.75) is 33.2 Å². The third kappa shape index (κ3) is 4.61. The van der Waals surface area contributed by atoms with E-state index < -0.39 is 0 Å².